The molecule has 1 N–H and O–H groups in total. The molecule has 0 bridgehead atoms. The summed E-state index contributed by atoms with van der Waals surface area (Å²) in [5.74, 6) is -0.201. The molecule has 2 amide bonds. The maximum atomic E-state index is 12.2. The van der Waals surface area contributed by atoms with Crippen LogP contribution in [-0.2, 0) is 16.0 Å². The SMILES string of the molecule is CCCCc1ccc2c(c1)N(C)C(=O)C(C(=O)NC)O2. The number of fused-ring (bicyclic) bond motifs is 1. The number of benzene rings is 1. The summed E-state index contributed by atoms with van der Waals surface area (Å²) in [6, 6.07) is 5.78. The highest BCUT2D eigenvalue weighted by Gasteiger charge is 2.37. The number of nitrogens with zero attached hydrogens (tertiary/aromatic N) is 1. The Bertz CT molecular complexity index is 528. The maximum Gasteiger partial charge on any atom is 0.277 e. The van der Waals surface area contributed by atoms with E-state index in [0.29, 0.717) is 5.75 Å². The second-order valence-electron chi connectivity index (χ2n) is 4.92. The van der Waals surface area contributed by atoms with E-state index in [2.05, 4.69) is 12.2 Å². The average Bonchev–Trinajstić information content (AvgIpc) is 2.48. The molecule has 1 aliphatic rings. The van der Waals surface area contributed by atoms with Crippen LogP contribution in [0.25, 0.3) is 0 Å². The zero-order valence-corrected chi connectivity index (χ0v) is 12.1. The molecule has 5 nitrogen and oxygen atoms in total. The van der Waals surface area contributed by atoms with Crippen LogP contribution in [-0.4, -0.2) is 32.0 Å². The van der Waals surface area contributed by atoms with Crippen molar-refractivity contribution >= 4 is 17.5 Å². The highest BCUT2D eigenvalue weighted by molar-refractivity contribution is 6.12. The largest absolute Gasteiger partial charge is 0.468 e. The van der Waals surface area contributed by atoms with Gasteiger partial charge in [-0.1, -0.05) is 19.4 Å². The first-order chi connectivity index (χ1) is 9.58. The van der Waals surface area contributed by atoms with Crippen LogP contribution in [0.2, 0.25) is 0 Å². The third-order valence-corrected chi connectivity index (χ3v) is 3.49. The summed E-state index contributed by atoms with van der Waals surface area (Å²) in [5.41, 5.74) is 1.90. The van der Waals surface area contributed by atoms with E-state index in [1.807, 2.05) is 18.2 Å². The Morgan fingerprint density at radius 1 is 1.45 bits per heavy atom. The van der Waals surface area contributed by atoms with Crippen LogP contribution in [0.15, 0.2) is 18.2 Å². The lowest BCUT2D eigenvalue weighted by Gasteiger charge is -2.31. The second kappa shape index (κ2) is 5.94. The van der Waals surface area contributed by atoms with Gasteiger partial charge in [0.1, 0.15) is 5.75 Å². The molecule has 1 heterocycles. The Balaban J connectivity index is 2.29. The minimum atomic E-state index is -1.10. The van der Waals surface area contributed by atoms with E-state index < -0.39 is 12.0 Å². The molecule has 20 heavy (non-hydrogen) atoms. The number of nitrogens with one attached hydrogen (secondary N) is 1. The van der Waals surface area contributed by atoms with Crippen LogP contribution in [0.3, 0.4) is 0 Å². The minimum absolute atomic E-state index is 0.343. The van der Waals surface area contributed by atoms with Crippen molar-refractivity contribution in [2.75, 3.05) is 19.0 Å². The van der Waals surface area contributed by atoms with E-state index >= 15 is 0 Å². The molecule has 1 aliphatic heterocycles. The second-order valence-corrected chi connectivity index (χ2v) is 4.92. The van der Waals surface area contributed by atoms with E-state index in [1.165, 1.54) is 17.5 Å². The molecule has 0 saturated heterocycles. The Kier molecular flexibility index (Phi) is 4.27. The van der Waals surface area contributed by atoms with Gasteiger partial charge in [0.05, 0.1) is 5.69 Å². The number of hydrogen-bond donors (Lipinski definition) is 1. The molecule has 5 heteroatoms. The zero-order valence-electron chi connectivity index (χ0n) is 12.1. The number of rotatable bonds is 4. The molecule has 1 unspecified atom stereocenters. The lowest BCUT2D eigenvalue weighted by molar-refractivity contribution is -0.138. The normalized spacial score (nSPS) is 17.4. The van der Waals surface area contributed by atoms with Crippen molar-refractivity contribution in [2.45, 2.75) is 32.3 Å². The zero-order chi connectivity index (χ0) is 14.7. The predicted octanol–water partition coefficient (Wildman–Crippen LogP) is 1.50. The number of carbonyl (C=O) groups is 2. The topological polar surface area (TPSA) is 58.6 Å². The highest BCUT2D eigenvalue weighted by Crippen LogP contribution is 2.34. The van der Waals surface area contributed by atoms with Gasteiger partial charge in [0.25, 0.3) is 17.9 Å². The molecular weight excluding hydrogens is 256 g/mol. The van der Waals surface area contributed by atoms with Crippen molar-refractivity contribution < 1.29 is 14.3 Å². The van der Waals surface area contributed by atoms with Crippen molar-refractivity contribution in [1.82, 2.24) is 5.32 Å². The number of hydrogen-bond acceptors (Lipinski definition) is 3. The van der Waals surface area contributed by atoms with Crippen LogP contribution < -0.4 is 15.0 Å². The average molecular weight is 276 g/mol. The van der Waals surface area contributed by atoms with E-state index in [1.54, 1.807) is 7.05 Å². The van der Waals surface area contributed by atoms with Gasteiger partial charge in [0.15, 0.2) is 0 Å². The molecule has 0 aliphatic carbocycles. The third-order valence-electron chi connectivity index (χ3n) is 3.49. The van der Waals surface area contributed by atoms with E-state index in [9.17, 15) is 9.59 Å². The van der Waals surface area contributed by atoms with Gasteiger partial charge >= 0.3 is 0 Å². The maximum absolute atomic E-state index is 12.2. The van der Waals surface area contributed by atoms with Gasteiger partial charge in [0.2, 0.25) is 0 Å². The first-order valence-corrected chi connectivity index (χ1v) is 6.87. The van der Waals surface area contributed by atoms with Crippen LogP contribution in [0, 0.1) is 0 Å². The van der Waals surface area contributed by atoms with Crippen molar-refractivity contribution in [1.29, 1.82) is 0 Å². The van der Waals surface area contributed by atoms with Crippen molar-refractivity contribution in [3.05, 3.63) is 23.8 Å². The van der Waals surface area contributed by atoms with Crippen molar-refractivity contribution in [2.24, 2.45) is 0 Å². The van der Waals surface area contributed by atoms with Crippen LogP contribution in [0.5, 0.6) is 5.75 Å². The molecule has 0 radical (unpaired) electrons. The van der Waals surface area contributed by atoms with Crippen LogP contribution >= 0.6 is 0 Å². The Hall–Kier alpha value is -2.04. The molecule has 0 saturated carbocycles. The molecule has 1 aromatic rings. The van der Waals surface area contributed by atoms with Gasteiger partial charge in [-0.2, -0.15) is 0 Å². The molecule has 2 rings (SSSR count). The van der Waals surface area contributed by atoms with Crippen molar-refractivity contribution in [3.63, 3.8) is 0 Å². The Morgan fingerprint density at radius 3 is 2.85 bits per heavy atom. The fourth-order valence-electron chi connectivity index (χ4n) is 2.23. The number of carbonyl (C=O) groups excluding carboxylic acids is 2. The molecule has 108 valence electrons. The summed E-state index contributed by atoms with van der Waals surface area (Å²) in [6.07, 6.45) is 2.11. The van der Waals surface area contributed by atoms with Crippen molar-refractivity contribution in [3.8, 4) is 5.75 Å². The molecular formula is C15H20N2O3. The summed E-state index contributed by atoms with van der Waals surface area (Å²) in [7, 11) is 3.16. The number of likely N-dealkylation sites (N-methyl/N-ethyl adjacent to an activating group) is 2. The fraction of sp³-hybridized carbons (Fsp3) is 0.467. The van der Waals surface area contributed by atoms with Crippen LogP contribution in [0.1, 0.15) is 25.3 Å². The summed E-state index contributed by atoms with van der Waals surface area (Å²) >= 11 is 0. The number of unbranched alkanes of at least 4 members (excludes halogenated alkanes) is 1. The number of anilines is 1. The predicted molar refractivity (Wildman–Crippen MR) is 76.9 cm³/mol. The summed E-state index contributed by atoms with van der Waals surface area (Å²) in [5, 5.41) is 2.44. The number of ether oxygens (including phenoxy) is 1. The van der Waals surface area contributed by atoms with Gasteiger partial charge in [-0.05, 0) is 30.5 Å². The molecule has 0 aromatic heterocycles. The summed E-state index contributed by atoms with van der Waals surface area (Å²) in [6.45, 7) is 2.14. The van der Waals surface area contributed by atoms with Gasteiger partial charge < -0.3 is 15.0 Å². The Morgan fingerprint density at radius 2 is 2.20 bits per heavy atom. The standard InChI is InChI=1S/C15H20N2O3/c1-4-5-6-10-7-8-12-11(9-10)17(3)15(19)13(20-12)14(18)16-2/h7-9,13H,4-6H2,1-3H3,(H,16,18). The van der Waals surface area contributed by atoms with Gasteiger partial charge in [-0.15, -0.1) is 0 Å². The molecule has 1 aromatic carbocycles. The molecule has 1 atom stereocenters. The first kappa shape index (κ1) is 14.4. The molecule has 0 spiro atoms. The molecule has 0 fully saturated rings. The minimum Gasteiger partial charge on any atom is -0.468 e. The quantitative estimate of drug-likeness (QED) is 0.848. The monoisotopic (exact) mass is 276 g/mol. The summed E-state index contributed by atoms with van der Waals surface area (Å²) < 4.78 is 5.52. The van der Waals surface area contributed by atoms with E-state index in [-0.39, 0.29) is 5.91 Å². The van der Waals surface area contributed by atoms with Gasteiger partial charge in [-0.3, -0.25) is 9.59 Å². The number of aryl methyl sites for hydroxylation is 1. The summed E-state index contributed by atoms with van der Waals surface area (Å²) in [4.78, 5) is 25.3. The number of amides is 2. The Labute approximate surface area is 118 Å². The van der Waals surface area contributed by atoms with Gasteiger partial charge in [0, 0.05) is 14.1 Å². The fourth-order valence-corrected chi connectivity index (χ4v) is 2.23. The van der Waals surface area contributed by atoms with Gasteiger partial charge in [-0.25, -0.2) is 0 Å². The van der Waals surface area contributed by atoms with Crippen LogP contribution in [0.4, 0.5) is 5.69 Å². The highest BCUT2D eigenvalue weighted by atomic mass is 16.5. The van der Waals surface area contributed by atoms with E-state index in [4.69, 9.17) is 4.74 Å². The first-order valence-electron chi connectivity index (χ1n) is 6.87. The smallest absolute Gasteiger partial charge is 0.277 e. The lowest BCUT2D eigenvalue weighted by atomic mass is 10.1. The third kappa shape index (κ3) is 2.61. The van der Waals surface area contributed by atoms with E-state index in [0.717, 1.165) is 24.9 Å². The lowest BCUT2D eigenvalue weighted by Crippen LogP contribution is -2.51.